The first-order valence-electron chi connectivity index (χ1n) is 5.70. The second kappa shape index (κ2) is 3.59. The molecule has 0 radical (unpaired) electrons. The molecule has 0 aliphatic carbocycles. The lowest BCUT2D eigenvalue weighted by Gasteiger charge is -2.30. The van der Waals surface area contributed by atoms with Gasteiger partial charge in [-0.15, -0.1) is 0 Å². The van der Waals surface area contributed by atoms with Crippen LogP contribution in [0, 0.1) is 12.8 Å². The average Bonchev–Trinajstić information content (AvgIpc) is 2.49. The topological polar surface area (TPSA) is 29.5 Å². The number of aryl methyl sites for hydroxylation is 1. The van der Waals surface area contributed by atoms with E-state index in [1.165, 1.54) is 11.1 Å². The van der Waals surface area contributed by atoms with Crippen molar-refractivity contribution in [2.45, 2.75) is 13.5 Å². The van der Waals surface area contributed by atoms with E-state index >= 15 is 0 Å². The Morgan fingerprint density at radius 1 is 1.44 bits per heavy atom. The molecule has 84 valence electrons. The van der Waals surface area contributed by atoms with Crippen LogP contribution in [0.5, 0.6) is 0 Å². The number of hydrogen-bond acceptors (Lipinski definition) is 2. The molecule has 16 heavy (non-hydrogen) atoms. The van der Waals surface area contributed by atoms with Crippen LogP contribution < -0.4 is 0 Å². The van der Waals surface area contributed by atoms with E-state index in [2.05, 4.69) is 13.0 Å². The van der Waals surface area contributed by atoms with Gasteiger partial charge in [-0.25, -0.2) is 0 Å². The molecular formula is C13H15NO2. The van der Waals surface area contributed by atoms with Crippen molar-refractivity contribution in [3.8, 4) is 0 Å². The lowest BCUT2D eigenvalue weighted by Crippen LogP contribution is -2.39. The molecule has 3 heteroatoms. The molecule has 0 unspecified atom stereocenters. The Kier molecular flexibility index (Phi) is 2.21. The lowest BCUT2D eigenvalue weighted by molar-refractivity contribution is -0.0433. The Morgan fingerprint density at radius 3 is 2.94 bits per heavy atom. The van der Waals surface area contributed by atoms with Gasteiger partial charge in [-0.05, 0) is 18.6 Å². The first-order valence-corrected chi connectivity index (χ1v) is 5.70. The van der Waals surface area contributed by atoms with Gasteiger partial charge in [0.25, 0.3) is 5.91 Å². The fourth-order valence-corrected chi connectivity index (χ4v) is 2.36. The zero-order chi connectivity index (χ0) is 11.1. The van der Waals surface area contributed by atoms with Crippen molar-refractivity contribution >= 4 is 5.91 Å². The van der Waals surface area contributed by atoms with Crippen LogP contribution in [0.2, 0.25) is 0 Å². The molecule has 0 aromatic heterocycles. The van der Waals surface area contributed by atoms with Crippen molar-refractivity contribution in [1.29, 1.82) is 0 Å². The normalized spacial score (nSPS) is 19.8. The number of hydrogen-bond donors (Lipinski definition) is 0. The molecule has 0 bridgehead atoms. The predicted molar refractivity (Wildman–Crippen MR) is 60.2 cm³/mol. The minimum Gasteiger partial charge on any atom is -0.381 e. The second-order valence-corrected chi connectivity index (χ2v) is 4.75. The van der Waals surface area contributed by atoms with Gasteiger partial charge in [0.1, 0.15) is 0 Å². The van der Waals surface area contributed by atoms with Gasteiger partial charge in [-0.2, -0.15) is 0 Å². The Bertz CT molecular complexity index is 438. The maximum absolute atomic E-state index is 12.1. The van der Waals surface area contributed by atoms with E-state index in [4.69, 9.17) is 4.74 Å². The van der Waals surface area contributed by atoms with Crippen molar-refractivity contribution in [1.82, 2.24) is 4.90 Å². The van der Waals surface area contributed by atoms with E-state index in [1.54, 1.807) is 0 Å². The molecule has 0 N–H and O–H groups in total. The van der Waals surface area contributed by atoms with Gasteiger partial charge < -0.3 is 9.64 Å². The van der Waals surface area contributed by atoms with Gasteiger partial charge >= 0.3 is 0 Å². The van der Waals surface area contributed by atoms with Crippen molar-refractivity contribution in [3.63, 3.8) is 0 Å². The molecule has 1 fully saturated rings. The Hall–Kier alpha value is -1.35. The van der Waals surface area contributed by atoms with E-state index in [-0.39, 0.29) is 5.91 Å². The van der Waals surface area contributed by atoms with E-state index < -0.39 is 0 Å². The van der Waals surface area contributed by atoms with Crippen LogP contribution in [0.4, 0.5) is 0 Å². The summed E-state index contributed by atoms with van der Waals surface area (Å²) in [6, 6.07) is 6.07. The monoisotopic (exact) mass is 217 g/mol. The molecule has 0 saturated carbocycles. The third-order valence-corrected chi connectivity index (χ3v) is 3.33. The summed E-state index contributed by atoms with van der Waals surface area (Å²) in [5, 5.41) is 0. The van der Waals surface area contributed by atoms with Crippen LogP contribution in [0.1, 0.15) is 21.5 Å². The van der Waals surface area contributed by atoms with E-state index in [9.17, 15) is 4.79 Å². The summed E-state index contributed by atoms with van der Waals surface area (Å²) >= 11 is 0. The number of carbonyl (C=O) groups is 1. The zero-order valence-electron chi connectivity index (χ0n) is 9.40. The number of rotatable bonds is 2. The average molecular weight is 217 g/mol. The first kappa shape index (κ1) is 9.85. The van der Waals surface area contributed by atoms with Crippen LogP contribution in [-0.2, 0) is 11.3 Å². The smallest absolute Gasteiger partial charge is 0.254 e. The maximum atomic E-state index is 12.1. The van der Waals surface area contributed by atoms with Crippen molar-refractivity contribution in [2.75, 3.05) is 19.8 Å². The standard InChI is InChI=1S/C13H15NO2/c1-9-2-3-12-11(4-9)6-14(13(12)15)5-10-7-16-8-10/h2-4,10H,5-8H2,1H3. The van der Waals surface area contributed by atoms with Gasteiger partial charge in [-0.1, -0.05) is 17.7 Å². The minimum atomic E-state index is 0.182. The summed E-state index contributed by atoms with van der Waals surface area (Å²) in [6.07, 6.45) is 0. The van der Waals surface area contributed by atoms with Gasteiger partial charge in [0, 0.05) is 24.6 Å². The van der Waals surface area contributed by atoms with Crippen molar-refractivity contribution < 1.29 is 9.53 Å². The summed E-state index contributed by atoms with van der Waals surface area (Å²) in [6.45, 7) is 5.28. The van der Waals surface area contributed by atoms with E-state index in [0.29, 0.717) is 5.92 Å². The Morgan fingerprint density at radius 2 is 2.25 bits per heavy atom. The van der Waals surface area contributed by atoms with E-state index in [0.717, 1.165) is 31.9 Å². The SMILES string of the molecule is Cc1ccc2c(c1)CN(CC1COC1)C2=O. The Labute approximate surface area is 95.0 Å². The fraction of sp³-hybridized carbons (Fsp3) is 0.462. The molecule has 3 nitrogen and oxygen atoms in total. The highest BCUT2D eigenvalue weighted by Gasteiger charge is 2.31. The molecule has 0 spiro atoms. The van der Waals surface area contributed by atoms with Gasteiger partial charge in [-0.3, -0.25) is 4.79 Å². The lowest BCUT2D eigenvalue weighted by atomic mass is 10.1. The van der Waals surface area contributed by atoms with Crippen LogP contribution >= 0.6 is 0 Å². The van der Waals surface area contributed by atoms with Crippen LogP contribution in [0.15, 0.2) is 18.2 Å². The van der Waals surface area contributed by atoms with Crippen molar-refractivity contribution in [2.24, 2.45) is 5.92 Å². The third kappa shape index (κ3) is 1.52. The van der Waals surface area contributed by atoms with Gasteiger partial charge in [0.05, 0.1) is 13.2 Å². The molecule has 2 aliphatic rings. The molecule has 3 rings (SSSR count). The highest BCUT2D eigenvalue weighted by molar-refractivity contribution is 5.98. The summed E-state index contributed by atoms with van der Waals surface area (Å²) in [5.74, 6) is 0.723. The number of benzene rings is 1. The van der Waals surface area contributed by atoms with Crippen LogP contribution in [0.25, 0.3) is 0 Å². The molecule has 1 amide bonds. The van der Waals surface area contributed by atoms with Gasteiger partial charge in [0.2, 0.25) is 0 Å². The van der Waals surface area contributed by atoms with Crippen molar-refractivity contribution in [3.05, 3.63) is 34.9 Å². The first-order chi connectivity index (χ1) is 7.74. The predicted octanol–water partition coefficient (Wildman–Crippen LogP) is 1.60. The quantitative estimate of drug-likeness (QED) is 0.753. The number of amides is 1. The highest BCUT2D eigenvalue weighted by Crippen LogP contribution is 2.25. The summed E-state index contributed by atoms with van der Waals surface area (Å²) in [5.41, 5.74) is 3.27. The molecule has 2 aliphatic heterocycles. The molecule has 1 saturated heterocycles. The maximum Gasteiger partial charge on any atom is 0.254 e. The second-order valence-electron chi connectivity index (χ2n) is 4.75. The summed E-state index contributed by atoms with van der Waals surface area (Å²) < 4.78 is 5.14. The molecule has 2 heterocycles. The number of nitrogens with zero attached hydrogens (tertiary/aromatic N) is 1. The van der Waals surface area contributed by atoms with E-state index in [1.807, 2.05) is 17.0 Å². The highest BCUT2D eigenvalue weighted by atomic mass is 16.5. The van der Waals surface area contributed by atoms with Crippen LogP contribution in [-0.4, -0.2) is 30.6 Å². The zero-order valence-corrected chi connectivity index (χ0v) is 9.40. The number of fused-ring (bicyclic) bond motifs is 1. The summed E-state index contributed by atoms with van der Waals surface area (Å²) in [7, 11) is 0. The Balaban J connectivity index is 1.79. The third-order valence-electron chi connectivity index (χ3n) is 3.33. The largest absolute Gasteiger partial charge is 0.381 e. The molecule has 1 aromatic rings. The van der Waals surface area contributed by atoms with Crippen LogP contribution in [0.3, 0.4) is 0 Å². The molecule has 1 aromatic carbocycles. The molecular weight excluding hydrogens is 202 g/mol. The molecule has 0 atom stereocenters. The minimum absolute atomic E-state index is 0.182. The summed E-state index contributed by atoms with van der Waals surface area (Å²) in [4.78, 5) is 14.0. The fourth-order valence-electron chi connectivity index (χ4n) is 2.36. The number of carbonyl (C=O) groups excluding carboxylic acids is 1. The van der Waals surface area contributed by atoms with Gasteiger partial charge in [0.15, 0.2) is 0 Å². The number of ether oxygens (including phenoxy) is 1.